The van der Waals surface area contributed by atoms with E-state index in [9.17, 15) is 0 Å². The van der Waals surface area contributed by atoms with Gasteiger partial charge < -0.3 is 4.74 Å². The van der Waals surface area contributed by atoms with Gasteiger partial charge in [0, 0.05) is 20.6 Å². The van der Waals surface area contributed by atoms with Gasteiger partial charge in [-0.2, -0.15) is 5.10 Å². The van der Waals surface area contributed by atoms with E-state index in [1.165, 1.54) is 12.8 Å². The molecule has 120 valence electrons. The van der Waals surface area contributed by atoms with Gasteiger partial charge in [0.1, 0.15) is 0 Å². The van der Waals surface area contributed by atoms with Crippen LogP contribution in [0.4, 0.5) is 0 Å². The number of aromatic nitrogens is 2. The van der Waals surface area contributed by atoms with Crippen molar-refractivity contribution in [3.8, 4) is 0 Å². The predicted octanol–water partition coefficient (Wildman–Crippen LogP) is 2.35. The zero-order chi connectivity index (χ0) is 15.6. The van der Waals surface area contributed by atoms with Gasteiger partial charge in [-0.1, -0.05) is 31.4 Å². The van der Waals surface area contributed by atoms with E-state index in [0.717, 1.165) is 29.3 Å². The number of aryl methyl sites for hydroxylation is 2. The molecule has 0 radical (unpaired) electrons. The van der Waals surface area contributed by atoms with Crippen LogP contribution in [0.25, 0.3) is 0 Å². The SMILES string of the molecule is COC1(C(Cc2c(Cl)c(C)nn2C)NN)CCCC(C)C1. The molecule has 21 heavy (non-hydrogen) atoms. The van der Waals surface area contributed by atoms with Crippen molar-refractivity contribution in [1.29, 1.82) is 0 Å². The van der Waals surface area contributed by atoms with E-state index in [0.29, 0.717) is 12.3 Å². The Labute approximate surface area is 132 Å². The average molecular weight is 315 g/mol. The number of rotatable bonds is 5. The maximum atomic E-state index is 6.38. The Morgan fingerprint density at radius 1 is 1.62 bits per heavy atom. The molecule has 0 amide bonds. The first-order chi connectivity index (χ1) is 9.93. The van der Waals surface area contributed by atoms with Crippen LogP contribution in [-0.2, 0) is 18.2 Å². The lowest BCUT2D eigenvalue weighted by Gasteiger charge is -2.44. The van der Waals surface area contributed by atoms with Gasteiger partial charge in [0.25, 0.3) is 0 Å². The minimum atomic E-state index is -0.228. The molecular formula is C15H27ClN4O. The first kappa shape index (κ1) is 16.7. The summed E-state index contributed by atoms with van der Waals surface area (Å²) in [4.78, 5) is 0. The summed E-state index contributed by atoms with van der Waals surface area (Å²) >= 11 is 6.38. The highest BCUT2D eigenvalue weighted by Gasteiger charge is 2.42. The van der Waals surface area contributed by atoms with E-state index in [2.05, 4.69) is 17.4 Å². The molecule has 5 nitrogen and oxygen atoms in total. The van der Waals surface area contributed by atoms with Gasteiger partial charge in [0.15, 0.2) is 0 Å². The van der Waals surface area contributed by atoms with Crippen molar-refractivity contribution >= 4 is 11.6 Å². The Kier molecular flexibility index (Phi) is 5.30. The molecule has 1 aliphatic carbocycles. The normalized spacial score (nSPS) is 27.8. The van der Waals surface area contributed by atoms with Crippen molar-refractivity contribution in [3.05, 3.63) is 16.4 Å². The number of nitrogens with zero attached hydrogens (tertiary/aromatic N) is 2. The topological polar surface area (TPSA) is 65.1 Å². The molecule has 1 aromatic heterocycles. The third kappa shape index (κ3) is 3.26. The van der Waals surface area contributed by atoms with E-state index in [4.69, 9.17) is 22.2 Å². The smallest absolute Gasteiger partial charge is 0.0850 e. The molecule has 0 bridgehead atoms. The highest BCUT2D eigenvalue weighted by Crippen LogP contribution is 2.38. The summed E-state index contributed by atoms with van der Waals surface area (Å²) in [7, 11) is 3.71. The van der Waals surface area contributed by atoms with Gasteiger partial charge in [-0.05, 0) is 25.7 Å². The minimum Gasteiger partial charge on any atom is -0.377 e. The van der Waals surface area contributed by atoms with Crippen molar-refractivity contribution in [2.24, 2.45) is 18.8 Å². The van der Waals surface area contributed by atoms with Crippen LogP contribution >= 0.6 is 11.6 Å². The third-order valence-electron chi connectivity index (χ3n) is 4.89. The Morgan fingerprint density at radius 2 is 2.33 bits per heavy atom. The zero-order valence-corrected chi connectivity index (χ0v) is 14.2. The Bertz CT molecular complexity index is 490. The van der Waals surface area contributed by atoms with Gasteiger partial charge in [-0.15, -0.1) is 0 Å². The largest absolute Gasteiger partial charge is 0.377 e. The van der Waals surface area contributed by atoms with E-state index in [-0.39, 0.29) is 11.6 Å². The number of hydrogen-bond acceptors (Lipinski definition) is 4. The number of halogens is 1. The second-order valence-corrected chi connectivity index (χ2v) is 6.74. The van der Waals surface area contributed by atoms with Crippen LogP contribution in [0.3, 0.4) is 0 Å². The molecule has 3 unspecified atom stereocenters. The summed E-state index contributed by atoms with van der Waals surface area (Å²) in [5.74, 6) is 6.51. The van der Waals surface area contributed by atoms with Gasteiger partial charge in [0.05, 0.1) is 28.1 Å². The second kappa shape index (κ2) is 6.65. The average Bonchev–Trinajstić information content (AvgIpc) is 2.70. The van der Waals surface area contributed by atoms with Crippen molar-refractivity contribution in [2.75, 3.05) is 7.11 Å². The van der Waals surface area contributed by atoms with Gasteiger partial charge >= 0.3 is 0 Å². The fourth-order valence-electron chi connectivity index (χ4n) is 3.68. The monoisotopic (exact) mass is 314 g/mol. The van der Waals surface area contributed by atoms with Crippen LogP contribution < -0.4 is 11.3 Å². The molecule has 1 saturated carbocycles. The maximum absolute atomic E-state index is 6.38. The molecule has 3 atom stereocenters. The highest BCUT2D eigenvalue weighted by molar-refractivity contribution is 6.31. The molecule has 2 rings (SSSR count). The summed E-state index contributed by atoms with van der Waals surface area (Å²) in [5.41, 5.74) is 4.60. The molecule has 1 aliphatic rings. The fraction of sp³-hybridized carbons (Fsp3) is 0.800. The number of hydrazine groups is 1. The molecule has 1 fully saturated rings. The Morgan fingerprint density at radius 3 is 2.81 bits per heavy atom. The summed E-state index contributed by atoms with van der Waals surface area (Å²) in [6.45, 7) is 4.20. The lowest BCUT2D eigenvalue weighted by molar-refractivity contribution is -0.0794. The predicted molar refractivity (Wildman–Crippen MR) is 85.1 cm³/mol. The van der Waals surface area contributed by atoms with E-state index < -0.39 is 0 Å². The van der Waals surface area contributed by atoms with Crippen LogP contribution in [0, 0.1) is 12.8 Å². The molecule has 3 N–H and O–H groups in total. The van der Waals surface area contributed by atoms with E-state index in [1.807, 2.05) is 18.7 Å². The van der Waals surface area contributed by atoms with Crippen molar-refractivity contribution < 1.29 is 4.74 Å². The molecular weight excluding hydrogens is 288 g/mol. The fourth-order valence-corrected chi connectivity index (χ4v) is 3.92. The first-order valence-corrected chi connectivity index (χ1v) is 8.00. The van der Waals surface area contributed by atoms with Crippen molar-refractivity contribution in [2.45, 2.75) is 57.6 Å². The lowest BCUT2D eigenvalue weighted by atomic mass is 9.73. The Hall–Kier alpha value is -0.620. The number of hydrogen-bond donors (Lipinski definition) is 2. The summed E-state index contributed by atoms with van der Waals surface area (Å²) < 4.78 is 7.79. The van der Waals surface area contributed by atoms with Crippen LogP contribution in [0.5, 0.6) is 0 Å². The molecule has 1 aromatic rings. The summed E-state index contributed by atoms with van der Waals surface area (Å²) in [5, 5.41) is 5.11. The van der Waals surface area contributed by atoms with Crippen molar-refractivity contribution in [1.82, 2.24) is 15.2 Å². The third-order valence-corrected chi connectivity index (χ3v) is 5.38. The quantitative estimate of drug-likeness (QED) is 0.647. The standard InChI is InChI=1S/C15H27ClN4O/c1-10-6-5-7-15(9-10,21-4)13(18-17)8-12-14(16)11(2)19-20(12)3/h10,13,18H,5-9,17H2,1-4H3. The second-order valence-electron chi connectivity index (χ2n) is 6.36. The molecule has 0 aromatic carbocycles. The zero-order valence-electron chi connectivity index (χ0n) is 13.4. The van der Waals surface area contributed by atoms with Gasteiger partial charge in [0.2, 0.25) is 0 Å². The number of nitrogens with two attached hydrogens (primary N) is 1. The molecule has 1 heterocycles. The van der Waals surface area contributed by atoms with Crippen molar-refractivity contribution in [3.63, 3.8) is 0 Å². The molecule has 0 spiro atoms. The van der Waals surface area contributed by atoms with Gasteiger partial charge in [-0.3, -0.25) is 16.0 Å². The molecule has 6 heteroatoms. The summed E-state index contributed by atoms with van der Waals surface area (Å²) in [6, 6.07) is 0.0255. The van der Waals surface area contributed by atoms with E-state index >= 15 is 0 Å². The number of methoxy groups -OCH3 is 1. The molecule has 0 saturated heterocycles. The Balaban J connectivity index is 2.25. The van der Waals surface area contributed by atoms with Crippen LogP contribution in [0.2, 0.25) is 5.02 Å². The number of nitrogens with one attached hydrogen (secondary N) is 1. The van der Waals surface area contributed by atoms with Crippen LogP contribution in [0.1, 0.15) is 44.0 Å². The maximum Gasteiger partial charge on any atom is 0.0850 e. The first-order valence-electron chi connectivity index (χ1n) is 7.62. The lowest BCUT2D eigenvalue weighted by Crippen LogP contribution is -2.57. The minimum absolute atomic E-state index is 0.0255. The summed E-state index contributed by atoms with van der Waals surface area (Å²) in [6.07, 6.45) is 5.19. The van der Waals surface area contributed by atoms with E-state index in [1.54, 1.807) is 7.11 Å². The van der Waals surface area contributed by atoms with Gasteiger partial charge in [-0.25, -0.2) is 0 Å². The van der Waals surface area contributed by atoms with Crippen LogP contribution in [-0.4, -0.2) is 28.5 Å². The highest BCUT2D eigenvalue weighted by atomic mass is 35.5. The number of ether oxygens (including phenoxy) is 1. The molecule has 0 aliphatic heterocycles. The van der Waals surface area contributed by atoms with Crippen LogP contribution in [0.15, 0.2) is 0 Å².